The summed E-state index contributed by atoms with van der Waals surface area (Å²) < 4.78 is 0. The van der Waals surface area contributed by atoms with Crippen LogP contribution in [0.5, 0.6) is 0 Å². The predicted octanol–water partition coefficient (Wildman–Crippen LogP) is 0.570. The van der Waals surface area contributed by atoms with E-state index < -0.39 is 5.97 Å². The number of carboxylic acid groups (broad SMARTS) is 1. The maximum atomic E-state index is 10.1. The summed E-state index contributed by atoms with van der Waals surface area (Å²) in [5.74, 6) is 3.74. The Balaban J connectivity index is 0.00000169. The van der Waals surface area contributed by atoms with Gasteiger partial charge in [-0.15, -0.1) is 0 Å². The van der Waals surface area contributed by atoms with Crippen molar-refractivity contribution in [2.24, 2.45) is 0 Å². The van der Waals surface area contributed by atoms with Gasteiger partial charge in [-0.25, -0.2) is 4.79 Å². The van der Waals surface area contributed by atoms with Crippen LogP contribution in [-0.4, -0.2) is 54.5 Å². The molecule has 1 heterocycles. The van der Waals surface area contributed by atoms with Crippen LogP contribution in [-0.2, 0) is 4.79 Å². The molecule has 1 aliphatic heterocycles. The average molecular weight is 188 g/mol. The Morgan fingerprint density at radius 2 is 1.93 bits per heavy atom. The smallest absolute Gasteiger partial charge is 0.381 e. The van der Waals surface area contributed by atoms with Gasteiger partial charge in [-0.2, -0.15) is 0 Å². The SMILES string of the molecule is O=C(O)C#CCCN1CCCCC1.[Li]. The minimum atomic E-state index is -1.03. The molecule has 1 rings (SSSR count). The Morgan fingerprint density at radius 1 is 1.29 bits per heavy atom. The van der Waals surface area contributed by atoms with E-state index in [0.29, 0.717) is 6.42 Å². The molecule has 0 amide bonds. The molecule has 4 heteroatoms. The van der Waals surface area contributed by atoms with Crippen molar-refractivity contribution >= 4 is 24.8 Å². The van der Waals surface area contributed by atoms with E-state index >= 15 is 0 Å². The fraction of sp³-hybridized carbons (Fsp3) is 0.700. The van der Waals surface area contributed by atoms with Crippen LogP contribution in [0.4, 0.5) is 0 Å². The van der Waals surface area contributed by atoms with Gasteiger partial charge in [0, 0.05) is 37.7 Å². The first-order valence-corrected chi connectivity index (χ1v) is 4.73. The molecule has 1 radical (unpaired) electrons. The van der Waals surface area contributed by atoms with Crippen molar-refractivity contribution < 1.29 is 9.90 Å². The monoisotopic (exact) mass is 188 g/mol. The van der Waals surface area contributed by atoms with Crippen molar-refractivity contribution in [2.45, 2.75) is 25.7 Å². The largest absolute Gasteiger partial charge is 0.472 e. The first-order chi connectivity index (χ1) is 6.29. The molecule has 1 N–H and O–H groups in total. The first kappa shape index (κ1) is 13.6. The van der Waals surface area contributed by atoms with Gasteiger partial charge in [0.15, 0.2) is 0 Å². The number of aliphatic carboxylic acids is 1. The summed E-state index contributed by atoms with van der Waals surface area (Å²) >= 11 is 0. The van der Waals surface area contributed by atoms with Gasteiger partial charge in [-0.05, 0) is 25.9 Å². The van der Waals surface area contributed by atoms with Crippen LogP contribution in [0.3, 0.4) is 0 Å². The average Bonchev–Trinajstić information content (AvgIpc) is 2.14. The van der Waals surface area contributed by atoms with Crippen LogP contribution in [0.2, 0.25) is 0 Å². The zero-order chi connectivity index (χ0) is 9.52. The van der Waals surface area contributed by atoms with Gasteiger partial charge in [0.1, 0.15) is 0 Å². The maximum Gasteiger partial charge on any atom is 0.381 e. The fourth-order valence-electron chi connectivity index (χ4n) is 1.54. The van der Waals surface area contributed by atoms with E-state index in [1.54, 1.807) is 0 Å². The number of piperidine rings is 1. The number of rotatable bonds is 2. The molecule has 0 spiro atoms. The molecule has 1 fully saturated rings. The van der Waals surface area contributed by atoms with E-state index in [9.17, 15) is 4.79 Å². The van der Waals surface area contributed by atoms with E-state index in [1.807, 2.05) is 0 Å². The van der Waals surface area contributed by atoms with Gasteiger partial charge in [-0.3, -0.25) is 0 Å². The first-order valence-electron chi connectivity index (χ1n) is 4.73. The summed E-state index contributed by atoms with van der Waals surface area (Å²) in [7, 11) is 0. The van der Waals surface area contributed by atoms with E-state index in [4.69, 9.17) is 5.11 Å². The minimum Gasteiger partial charge on any atom is -0.472 e. The van der Waals surface area contributed by atoms with Gasteiger partial charge in [-0.1, -0.05) is 12.3 Å². The Morgan fingerprint density at radius 3 is 2.50 bits per heavy atom. The summed E-state index contributed by atoms with van der Waals surface area (Å²) in [5.41, 5.74) is 0. The van der Waals surface area contributed by atoms with Gasteiger partial charge in [0.25, 0.3) is 0 Å². The van der Waals surface area contributed by atoms with Crippen LogP contribution in [0.1, 0.15) is 25.7 Å². The second-order valence-electron chi connectivity index (χ2n) is 3.26. The molecule has 73 valence electrons. The standard InChI is InChI=1S/C10H15NO2.Li/c12-10(13)6-2-5-9-11-7-3-1-4-8-11;/h1,3-5,7-9H2,(H,12,13);. The number of likely N-dealkylation sites (tertiary alicyclic amines) is 1. The van der Waals surface area contributed by atoms with E-state index in [0.717, 1.165) is 19.6 Å². The molecule has 0 bridgehead atoms. The van der Waals surface area contributed by atoms with E-state index in [1.165, 1.54) is 19.3 Å². The third-order valence-electron chi connectivity index (χ3n) is 2.20. The molecule has 1 aliphatic rings. The molecule has 0 atom stereocenters. The number of hydrogen-bond donors (Lipinski definition) is 1. The quantitative estimate of drug-likeness (QED) is 0.508. The predicted molar refractivity (Wildman–Crippen MR) is 56.1 cm³/mol. The minimum absolute atomic E-state index is 0. The molecule has 0 saturated carbocycles. The van der Waals surface area contributed by atoms with Crippen LogP contribution in [0, 0.1) is 11.8 Å². The Kier molecular flexibility index (Phi) is 7.71. The molecule has 3 nitrogen and oxygen atoms in total. The fourth-order valence-corrected chi connectivity index (χ4v) is 1.54. The van der Waals surface area contributed by atoms with E-state index in [2.05, 4.69) is 16.7 Å². The topological polar surface area (TPSA) is 40.5 Å². The van der Waals surface area contributed by atoms with Crippen molar-refractivity contribution in [3.8, 4) is 11.8 Å². The van der Waals surface area contributed by atoms with Crippen LogP contribution in [0.15, 0.2) is 0 Å². The third-order valence-corrected chi connectivity index (χ3v) is 2.20. The van der Waals surface area contributed by atoms with Gasteiger partial charge in [0.05, 0.1) is 0 Å². The van der Waals surface area contributed by atoms with E-state index in [-0.39, 0.29) is 18.9 Å². The van der Waals surface area contributed by atoms with Gasteiger partial charge >= 0.3 is 5.97 Å². The van der Waals surface area contributed by atoms with Gasteiger partial charge < -0.3 is 10.0 Å². The summed E-state index contributed by atoms with van der Waals surface area (Å²) in [6, 6.07) is 0. The molecule has 0 aromatic rings. The number of carboxylic acids is 1. The van der Waals surface area contributed by atoms with Crippen molar-refractivity contribution in [3.63, 3.8) is 0 Å². The summed E-state index contributed by atoms with van der Waals surface area (Å²) in [6.45, 7) is 3.21. The number of nitrogens with zero attached hydrogens (tertiary/aromatic N) is 1. The second-order valence-corrected chi connectivity index (χ2v) is 3.26. The Labute approximate surface area is 97.0 Å². The van der Waals surface area contributed by atoms with Crippen LogP contribution in [0.25, 0.3) is 0 Å². The van der Waals surface area contributed by atoms with Crippen LogP contribution >= 0.6 is 0 Å². The molecular weight excluding hydrogens is 173 g/mol. The van der Waals surface area contributed by atoms with Crippen molar-refractivity contribution in [2.75, 3.05) is 19.6 Å². The Hall–Kier alpha value is -0.413. The van der Waals surface area contributed by atoms with Crippen molar-refractivity contribution in [3.05, 3.63) is 0 Å². The van der Waals surface area contributed by atoms with Crippen LogP contribution < -0.4 is 0 Å². The zero-order valence-corrected chi connectivity index (χ0v) is 8.75. The number of hydrogen-bond acceptors (Lipinski definition) is 2. The summed E-state index contributed by atoms with van der Waals surface area (Å²) in [6.07, 6.45) is 4.54. The van der Waals surface area contributed by atoms with Crippen molar-refractivity contribution in [1.29, 1.82) is 0 Å². The maximum absolute atomic E-state index is 10.1. The third kappa shape index (κ3) is 6.10. The zero-order valence-electron chi connectivity index (χ0n) is 8.75. The second kappa shape index (κ2) is 7.94. The molecule has 1 saturated heterocycles. The Bertz CT molecular complexity index is 226. The molecule has 14 heavy (non-hydrogen) atoms. The summed E-state index contributed by atoms with van der Waals surface area (Å²) in [4.78, 5) is 12.4. The van der Waals surface area contributed by atoms with Crippen molar-refractivity contribution in [1.82, 2.24) is 4.90 Å². The summed E-state index contributed by atoms with van der Waals surface area (Å²) in [5, 5.41) is 8.26. The molecule has 0 aromatic carbocycles. The van der Waals surface area contributed by atoms with Gasteiger partial charge in [0.2, 0.25) is 0 Å². The number of carbonyl (C=O) groups is 1. The molecule has 0 unspecified atom stereocenters. The molecule has 0 aliphatic carbocycles. The molecule has 0 aromatic heterocycles. The normalized spacial score (nSPS) is 16.3. The molecular formula is C10H15LiNO2.